The Morgan fingerprint density at radius 2 is 1.84 bits per heavy atom. The zero-order chi connectivity index (χ0) is 13.8. The smallest absolute Gasteiger partial charge is 0.125 e. The minimum absolute atomic E-state index is 0.0384. The highest BCUT2D eigenvalue weighted by atomic mass is 19.1. The lowest BCUT2D eigenvalue weighted by atomic mass is 9.99. The molecule has 2 N–H and O–H groups in total. The first kappa shape index (κ1) is 13.1. The molecule has 0 aliphatic heterocycles. The fraction of sp³-hybridized carbons (Fsp3) is 0.133. The molecule has 4 heteroatoms. The molecule has 2 aromatic carbocycles. The van der Waals surface area contributed by atoms with Crippen LogP contribution in [0.2, 0.25) is 0 Å². The molecule has 3 nitrogen and oxygen atoms in total. The maximum atomic E-state index is 12.9. The third kappa shape index (κ3) is 2.73. The number of rotatable bonds is 3. The summed E-state index contributed by atoms with van der Waals surface area (Å²) in [4.78, 5) is 0. The summed E-state index contributed by atoms with van der Waals surface area (Å²) in [5.41, 5.74) is 2.13. The van der Waals surface area contributed by atoms with Gasteiger partial charge in [-0.15, -0.1) is 0 Å². The number of oxime groups is 1. The molecule has 0 aromatic heterocycles. The third-order valence-electron chi connectivity index (χ3n) is 2.94. The number of benzene rings is 2. The Morgan fingerprint density at radius 1 is 1.16 bits per heavy atom. The van der Waals surface area contributed by atoms with Gasteiger partial charge in [0.2, 0.25) is 0 Å². The average molecular weight is 259 g/mol. The second kappa shape index (κ2) is 5.52. The Kier molecular flexibility index (Phi) is 3.80. The van der Waals surface area contributed by atoms with Crippen LogP contribution in [0, 0.1) is 5.82 Å². The van der Waals surface area contributed by atoms with Gasteiger partial charge < -0.3 is 10.3 Å². The van der Waals surface area contributed by atoms with Crippen LogP contribution in [0.4, 0.5) is 4.39 Å². The van der Waals surface area contributed by atoms with Crippen molar-refractivity contribution in [2.24, 2.45) is 5.16 Å². The van der Waals surface area contributed by atoms with Crippen LogP contribution in [0.1, 0.15) is 23.6 Å². The molecule has 0 spiro atoms. The molecular weight excluding hydrogens is 245 g/mol. The molecule has 0 atom stereocenters. The highest BCUT2D eigenvalue weighted by Gasteiger charge is 2.12. The average Bonchev–Trinajstić information content (AvgIpc) is 2.43. The maximum Gasteiger partial charge on any atom is 0.125 e. The Hall–Kier alpha value is -2.36. The van der Waals surface area contributed by atoms with Gasteiger partial charge in [-0.3, -0.25) is 0 Å². The van der Waals surface area contributed by atoms with Crippen molar-refractivity contribution in [3.63, 3.8) is 0 Å². The van der Waals surface area contributed by atoms with Crippen molar-refractivity contribution in [3.05, 3.63) is 65.0 Å². The van der Waals surface area contributed by atoms with Crippen LogP contribution in [-0.2, 0) is 6.42 Å². The van der Waals surface area contributed by atoms with E-state index < -0.39 is 0 Å². The fourth-order valence-corrected chi connectivity index (χ4v) is 1.87. The molecule has 98 valence electrons. The van der Waals surface area contributed by atoms with Gasteiger partial charge in [-0.2, -0.15) is 0 Å². The molecule has 19 heavy (non-hydrogen) atoms. The molecule has 0 radical (unpaired) electrons. The Bertz CT molecular complexity index is 606. The molecular formula is C15H14FNO2. The van der Waals surface area contributed by atoms with Gasteiger partial charge in [0.1, 0.15) is 17.3 Å². The number of halogens is 1. The van der Waals surface area contributed by atoms with E-state index in [0.29, 0.717) is 11.1 Å². The Morgan fingerprint density at radius 3 is 2.37 bits per heavy atom. The Balaban J connectivity index is 2.46. The van der Waals surface area contributed by atoms with Crippen LogP contribution in [0.5, 0.6) is 5.75 Å². The van der Waals surface area contributed by atoms with Crippen LogP contribution in [0.25, 0.3) is 0 Å². The molecule has 2 aromatic rings. The monoisotopic (exact) mass is 259 g/mol. The molecule has 0 fully saturated rings. The summed E-state index contributed by atoms with van der Waals surface area (Å²) >= 11 is 0. The van der Waals surface area contributed by atoms with Gasteiger partial charge in [0.15, 0.2) is 0 Å². The van der Waals surface area contributed by atoms with Crippen molar-refractivity contribution in [2.45, 2.75) is 13.3 Å². The largest absolute Gasteiger partial charge is 0.507 e. The van der Waals surface area contributed by atoms with Crippen LogP contribution in [-0.4, -0.2) is 16.0 Å². The van der Waals surface area contributed by atoms with Crippen molar-refractivity contribution in [1.29, 1.82) is 0 Å². The van der Waals surface area contributed by atoms with Crippen molar-refractivity contribution >= 4 is 5.71 Å². The minimum atomic E-state index is -0.369. The van der Waals surface area contributed by atoms with Crippen LogP contribution in [0.3, 0.4) is 0 Å². The highest BCUT2D eigenvalue weighted by Crippen LogP contribution is 2.23. The number of hydrogen-bond acceptors (Lipinski definition) is 3. The molecule has 2 rings (SSSR count). The van der Waals surface area contributed by atoms with Crippen LogP contribution >= 0.6 is 0 Å². The number of aromatic hydroxyl groups is 1. The van der Waals surface area contributed by atoms with E-state index in [2.05, 4.69) is 5.16 Å². The first-order chi connectivity index (χ1) is 9.15. The van der Waals surface area contributed by atoms with E-state index in [0.717, 1.165) is 12.0 Å². The second-order valence-corrected chi connectivity index (χ2v) is 4.16. The first-order valence-corrected chi connectivity index (χ1v) is 5.96. The summed E-state index contributed by atoms with van der Waals surface area (Å²) < 4.78 is 12.9. The van der Waals surface area contributed by atoms with E-state index in [1.54, 1.807) is 12.1 Å². The fourth-order valence-electron chi connectivity index (χ4n) is 1.87. The van der Waals surface area contributed by atoms with E-state index in [1.807, 2.05) is 13.0 Å². The van der Waals surface area contributed by atoms with Crippen molar-refractivity contribution in [2.75, 3.05) is 0 Å². The summed E-state index contributed by atoms with van der Waals surface area (Å²) in [6.45, 7) is 1.98. The zero-order valence-electron chi connectivity index (χ0n) is 10.5. The SMILES string of the molecule is CCc1ccc(C(=NO)c2ccc(F)cc2)c(O)c1. The summed E-state index contributed by atoms with van der Waals surface area (Å²) in [5.74, 6) is -0.330. The van der Waals surface area contributed by atoms with Crippen LogP contribution in [0.15, 0.2) is 47.6 Å². The van der Waals surface area contributed by atoms with E-state index in [4.69, 9.17) is 5.21 Å². The maximum absolute atomic E-state index is 12.9. The second-order valence-electron chi connectivity index (χ2n) is 4.16. The van der Waals surface area contributed by atoms with Gasteiger partial charge >= 0.3 is 0 Å². The standard InChI is InChI=1S/C15H14FNO2/c1-2-10-3-8-13(14(18)9-10)15(17-19)11-4-6-12(16)7-5-11/h3-9,18-19H,2H2,1H3. The summed E-state index contributed by atoms with van der Waals surface area (Å²) in [5, 5.41) is 22.3. The van der Waals surface area contributed by atoms with E-state index in [9.17, 15) is 9.50 Å². The molecule has 0 aliphatic rings. The van der Waals surface area contributed by atoms with Gasteiger partial charge in [0.05, 0.1) is 0 Å². The normalized spacial score (nSPS) is 11.6. The molecule has 0 saturated heterocycles. The number of phenolic OH excluding ortho intramolecular Hbond substituents is 1. The predicted molar refractivity (Wildman–Crippen MR) is 71.3 cm³/mol. The predicted octanol–water partition coefficient (Wildman–Crippen LogP) is 3.32. The lowest BCUT2D eigenvalue weighted by Crippen LogP contribution is -2.04. The molecule has 0 bridgehead atoms. The van der Waals surface area contributed by atoms with Crippen LogP contribution < -0.4 is 0 Å². The molecule has 0 heterocycles. The van der Waals surface area contributed by atoms with Gasteiger partial charge in [-0.1, -0.05) is 18.1 Å². The van der Waals surface area contributed by atoms with Crippen molar-refractivity contribution in [1.82, 2.24) is 0 Å². The van der Waals surface area contributed by atoms with Crippen molar-refractivity contribution in [3.8, 4) is 5.75 Å². The van der Waals surface area contributed by atoms with Crippen molar-refractivity contribution < 1.29 is 14.7 Å². The topological polar surface area (TPSA) is 52.8 Å². The number of phenols is 1. The summed E-state index contributed by atoms with van der Waals surface area (Å²) in [6, 6.07) is 10.7. The molecule has 0 aliphatic carbocycles. The molecule has 0 unspecified atom stereocenters. The highest BCUT2D eigenvalue weighted by molar-refractivity contribution is 6.14. The zero-order valence-corrected chi connectivity index (χ0v) is 10.5. The van der Waals surface area contributed by atoms with E-state index in [1.165, 1.54) is 24.3 Å². The van der Waals surface area contributed by atoms with Gasteiger partial charge in [-0.05, 0) is 48.4 Å². The lowest BCUT2D eigenvalue weighted by Gasteiger charge is -2.08. The number of hydrogen-bond donors (Lipinski definition) is 2. The number of aryl methyl sites for hydroxylation is 1. The third-order valence-corrected chi connectivity index (χ3v) is 2.94. The number of nitrogens with zero attached hydrogens (tertiary/aromatic N) is 1. The lowest BCUT2D eigenvalue weighted by molar-refractivity contribution is 0.319. The van der Waals surface area contributed by atoms with E-state index in [-0.39, 0.29) is 17.3 Å². The van der Waals surface area contributed by atoms with Gasteiger partial charge in [0.25, 0.3) is 0 Å². The molecule has 0 amide bonds. The summed E-state index contributed by atoms with van der Waals surface area (Å²) in [6.07, 6.45) is 0.802. The summed E-state index contributed by atoms with van der Waals surface area (Å²) in [7, 11) is 0. The quantitative estimate of drug-likeness (QED) is 0.504. The van der Waals surface area contributed by atoms with Gasteiger partial charge in [-0.25, -0.2) is 4.39 Å². The van der Waals surface area contributed by atoms with Gasteiger partial charge in [0, 0.05) is 11.1 Å². The Labute approximate surface area is 110 Å². The first-order valence-electron chi connectivity index (χ1n) is 5.96. The minimum Gasteiger partial charge on any atom is -0.507 e. The molecule has 0 saturated carbocycles. The van der Waals surface area contributed by atoms with E-state index >= 15 is 0 Å².